The average molecular weight is 728 g/mol. The summed E-state index contributed by atoms with van der Waals surface area (Å²) < 4.78 is 32.6. The predicted octanol–water partition coefficient (Wildman–Crippen LogP) is 7.25. The fourth-order valence-corrected chi connectivity index (χ4v) is 5.97. The number of rotatable bonds is 14. The lowest BCUT2D eigenvalue weighted by molar-refractivity contribution is 0.0938. The summed E-state index contributed by atoms with van der Waals surface area (Å²) in [5.74, 6) is 0.240. The van der Waals surface area contributed by atoms with Crippen molar-refractivity contribution in [1.82, 2.24) is 25.1 Å². The number of nitrogens with zero attached hydrogens (tertiary/aromatic N) is 5. The van der Waals surface area contributed by atoms with Crippen LogP contribution in [0.25, 0.3) is 0 Å². The van der Waals surface area contributed by atoms with E-state index >= 15 is 4.39 Å². The molecule has 0 saturated carbocycles. The Kier molecular flexibility index (Phi) is 13.2. The van der Waals surface area contributed by atoms with Crippen molar-refractivity contribution in [3.8, 4) is 17.2 Å². The normalized spacial score (nSPS) is 14.1. The number of aromatic nitrogens is 2. The van der Waals surface area contributed by atoms with E-state index in [-0.39, 0.29) is 40.9 Å². The third-order valence-corrected chi connectivity index (χ3v) is 9.31. The Labute approximate surface area is 311 Å². The number of piperazine rings is 1. The summed E-state index contributed by atoms with van der Waals surface area (Å²) in [6, 6.07) is 16.9. The first-order chi connectivity index (χ1) is 25.5. The summed E-state index contributed by atoms with van der Waals surface area (Å²) in [5.41, 5.74) is 2.56. The van der Waals surface area contributed by atoms with Crippen LogP contribution >= 0.6 is 0 Å². The van der Waals surface area contributed by atoms with E-state index in [1.807, 2.05) is 45.9 Å². The molecule has 1 aliphatic heterocycles. The Bertz CT molecular complexity index is 1860. The number of aryl methyl sites for hydroxylation is 2. The van der Waals surface area contributed by atoms with Gasteiger partial charge in [0, 0.05) is 74.4 Å². The molecule has 282 valence electrons. The lowest BCUT2D eigenvalue weighted by Gasteiger charge is -2.36. The second-order valence-corrected chi connectivity index (χ2v) is 13.4. The molecule has 1 aliphatic rings. The number of anilines is 4. The Hall–Kier alpha value is -5.27. The zero-order valence-corrected chi connectivity index (χ0v) is 31.6. The molecule has 1 fully saturated rings. The number of carbonyl (C=O) groups is 2. The Morgan fingerprint density at radius 3 is 2.36 bits per heavy atom. The van der Waals surface area contributed by atoms with Gasteiger partial charge in [0.2, 0.25) is 5.95 Å². The van der Waals surface area contributed by atoms with Gasteiger partial charge in [-0.15, -0.1) is 0 Å². The topological polar surface area (TPSA) is 121 Å². The number of para-hydroxylation sites is 1. The predicted molar refractivity (Wildman–Crippen MR) is 205 cm³/mol. The number of hydrogen-bond donors (Lipinski definition) is 2. The Balaban J connectivity index is 1.36. The maximum Gasteiger partial charge on any atom is 0.425 e. The average Bonchev–Trinajstić information content (AvgIpc) is 3.14. The van der Waals surface area contributed by atoms with E-state index in [2.05, 4.69) is 44.2 Å². The van der Waals surface area contributed by atoms with Gasteiger partial charge in [-0.05, 0) is 82.5 Å². The van der Waals surface area contributed by atoms with Crippen molar-refractivity contribution in [2.24, 2.45) is 0 Å². The fourth-order valence-electron chi connectivity index (χ4n) is 5.97. The summed E-state index contributed by atoms with van der Waals surface area (Å²) in [4.78, 5) is 42.0. The smallest absolute Gasteiger partial charge is 0.425 e. The van der Waals surface area contributed by atoms with E-state index in [0.29, 0.717) is 36.2 Å². The molecule has 53 heavy (non-hydrogen) atoms. The lowest BCUT2D eigenvalue weighted by atomic mass is 10.1. The van der Waals surface area contributed by atoms with Gasteiger partial charge in [-0.1, -0.05) is 25.1 Å². The number of halogens is 1. The van der Waals surface area contributed by atoms with Crippen LogP contribution in [0.2, 0.25) is 0 Å². The molecule has 2 amide bonds. The van der Waals surface area contributed by atoms with Crippen LogP contribution in [0.5, 0.6) is 17.2 Å². The van der Waals surface area contributed by atoms with Crippen LogP contribution in [-0.4, -0.2) is 90.3 Å². The molecule has 2 N–H and O–H groups in total. The highest BCUT2D eigenvalue weighted by Crippen LogP contribution is 2.36. The molecule has 12 nitrogen and oxygen atoms in total. The van der Waals surface area contributed by atoms with Gasteiger partial charge in [0.25, 0.3) is 5.91 Å². The minimum Gasteiger partial charge on any atom is -0.495 e. The molecule has 1 atom stereocenters. The van der Waals surface area contributed by atoms with Crippen LogP contribution in [0.1, 0.15) is 55.6 Å². The van der Waals surface area contributed by atoms with E-state index in [1.54, 1.807) is 36.4 Å². The molecule has 5 rings (SSSR count). The van der Waals surface area contributed by atoms with Crippen LogP contribution < -0.4 is 29.7 Å². The van der Waals surface area contributed by atoms with Crippen molar-refractivity contribution in [2.45, 2.75) is 60.0 Å². The number of amides is 2. The molecule has 1 saturated heterocycles. The van der Waals surface area contributed by atoms with Crippen LogP contribution in [0.4, 0.5) is 32.3 Å². The summed E-state index contributed by atoms with van der Waals surface area (Å²) in [5, 5.41) is 5.97. The van der Waals surface area contributed by atoms with Crippen molar-refractivity contribution < 1.29 is 28.2 Å². The quantitative estimate of drug-likeness (QED) is 0.137. The van der Waals surface area contributed by atoms with Gasteiger partial charge in [0.15, 0.2) is 11.6 Å². The first-order valence-electron chi connectivity index (χ1n) is 18.0. The molecule has 1 aromatic heterocycles. The number of hydrogen-bond acceptors (Lipinski definition) is 10. The van der Waals surface area contributed by atoms with E-state index in [0.717, 1.165) is 43.7 Å². The van der Waals surface area contributed by atoms with Crippen LogP contribution in [0, 0.1) is 19.7 Å². The Morgan fingerprint density at radius 1 is 0.962 bits per heavy atom. The van der Waals surface area contributed by atoms with Crippen LogP contribution in [0.15, 0.2) is 66.9 Å². The highest BCUT2D eigenvalue weighted by molar-refractivity contribution is 6.00. The third kappa shape index (κ3) is 9.99. The molecular weight excluding hydrogens is 677 g/mol. The van der Waals surface area contributed by atoms with Crippen molar-refractivity contribution in [2.75, 3.05) is 56.7 Å². The zero-order valence-electron chi connectivity index (χ0n) is 31.6. The van der Waals surface area contributed by atoms with Crippen LogP contribution in [-0.2, 0) is 0 Å². The molecule has 3 aromatic carbocycles. The summed E-state index contributed by atoms with van der Waals surface area (Å²) >= 11 is 0. The number of nitrogens with one attached hydrogen (secondary N) is 2. The van der Waals surface area contributed by atoms with Gasteiger partial charge in [-0.2, -0.15) is 4.98 Å². The molecule has 0 aliphatic carbocycles. The third-order valence-electron chi connectivity index (χ3n) is 9.31. The zero-order chi connectivity index (χ0) is 38.1. The molecule has 4 aromatic rings. The fraction of sp³-hybridized carbons (Fsp3) is 0.400. The summed E-state index contributed by atoms with van der Waals surface area (Å²) in [6.45, 7) is 17.0. The molecule has 2 heterocycles. The molecule has 0 radical (unpaired) electrons. The standard InChI is InChI=1S/C40H50FN7O5/c1-8-29(6)43-38(49)30-12-14-33(35(24-30)51-7)48(40(50)53-37-27(4)10-9-11-28(37)5)36-16-17-42-39(45-36)44-31-13-15-34(32(41)25-31)52-23-22-46-18-20-47(21-19-46)26(2)3/h9-17,24-26,29H,8,18-23H2,1-7H3,(H,43,49)(H,42,44,45). The largest absolute Gasteiger partial charge is 0.495 e. The SMILES string of the molecule is CCC(C)NC(=O)c1ccc(N(C(=O)Oc2c(C)cccc2C)c2ccnc(Nc3ccc(OCCN4CCN(C(C)C)CC4)c(F)c3)n2)c(OC)c1. The maximum atomic E-state index is 15.2. The first kappa shape index (κ1) is 38.9. The Morgan fingerprint density at radius 2 is 1.70 bits per heavy atom. The highest BCUT2D eigenvalue weighted by Gasteiger charge is 2.28. The van der Waals surface area contributed by atoms with Gasteiger partial charge in [-0.3, -0.25) is 14.6 Å². The van der Waals surface area contributed by atoms with E-state index in [4.69, 9.17) is 14.2 Å². The minimum atomic E-state index is -0.767. The van der Waals surface area contributed by atoms with Gasteiger partial charge >= 0.3 is 6.09 Å². The monoisotopic (exact) mass is 727 g/mol. The van der Waals surface area contributed by atoms with Gasteiger partial charge in [-0.25, -0.2) is 19.1 Å². The highest BCUT2D eigenvalue weighted by atomic mass is 19.1. The second-order valence-electron chi connectivity index (χ2n) is 13.4. The summed E-state index contributed by atoms with van der Waals surface area (Å²) in [6.07, 6.45) is 1.47. The number of ether oxygens (including phenoxy) is 3. The number of methoxy groups -OCH3 is 1. The van der Waals surface area contributed by atoms with Crippen LogP contribution in [0.3, 0.4) is 0 Å². The van der Waals surface area contributed by atoms with E-state index in [9.17, 15) is 9.59 Å². The molecular formula is C40H50FN7O5. The van der Waals surface area contributed by atoms with Crippen molar-refractivity contribution in [3.05, 3.63) is 89.4 Å². The minimum absolute atomic E-state index is 0.0257. The first-order valence-corrected chi connectivity index (χ1v) is 18.0. The van der Waals surface area contributed by atoms with E-state index < -0.39 is 11.9 Å². The van der Waals surface area contributed by atoms with Gasteiger partial charge in [0.05, 0.1) is 12.8 Å². The lowest BCUT2D eigenvalue weighted by Crippen LogP contribution is -2.49. The van der Waals surface area contributed by atoms with Gasteiger partial charge < -0.3 is 24.8 Å². The maximum absolute atomic E-state index is 15.2. The second kappa shape index (κ2) is 18.0. The molecule has 13 heteroatoms. The van der Waals surface area contributed by atoms with Gasteiger partial charge in [0.1, 0.15) is 23.9 Å². The molecule has 0 spiro atoms. The van der Waals surface area contributed by atoms with Crippen molar-refractivity contribution >= 4 is 35.1 Å². The number of carbonyl (C=O) groups excluding carboxylic acids is 2. The number of benzene rings is 3. The summed E-state index contributed by atoms with van der Waals surface area (Å²) in [7, 11) is 1.45. The molecule has 0 bridgehead atoms. The van der Waals surface area contributed by atoms with E-state index in [1.165, 1.54) is 24.3 Å². The van der Waals surface area contributed by atoms with Crippen molar-refractivity contribution in [3.63, 3.8) is 0 Å². The molecule has 1 unspecified atom stereocenters. The van der Waals surface area contributed by atoms with Crippen molar-refractivity contribution in [1.29, 1.82) is 0 Å².